The van der Waals surface area contributed by atoms with Crippen molar-refractivity contribution in [3.63, 3.8) is 0 Å². The van der Waals surface area contributed by atoms with Gasteiger partial charge in [-0.15, -0.1) is 0 Å². The van der Waals surface area contributed by atoms with Gasteiger partial charge in [-0.2, -0.15) is 0 Å². The van der Waals surface area contributed by atoms with E-state index >= 15 is 0 Å². The Morgan fingerprint density at radius 2 is 2.14 bits per heavy atom. The Hall–Kier alpha value is -2.02. The standard InChI is InChI=1S/C22H24ClFN4O/c1-22(29,14-4-5-16(10-24)25-11-14)13-28-19-6-8-27-7-2-3-18(27)20(19)17-9-15(23)12-26-21(17)28/h4-5,9,11-12,18,29H,2-3,6-8,10,13H2,1H3. The van der Waals surface area contributed by atoms with Crippen LogP contribution in [0, 0.1) is 0 Å². The number of nitrogens with zero attached hydrogens (tertiary/aromatic N) is 4. The van der Waals surface area contributed by atoms with Crippen molar-refractivity contribution < 1.29 is 9.50 Å². The lowest BCUT2D eigenvalue weighted by atomic mass is 9.95. The van der Waals surface area contributed by atoms with Crippen molar-refractivity contribution in [1.29, 1.82) is 0 Å². The first kappa shape index (κ1) is 19.0. The molecule has 5 rings (SSSR count). The molecule has 1 saturated heterocycles. The van der Waals surface area contributed by atoms with Gasteiger partial charge >= 0.3 is 0 Å². The molecule has 2 unspecified atom stereocenters. The zero-order valence-corrected chi connectivity index (χ0v) is 17.2. The normalized spacial score (nSPS) is 21.2. The first-order chi connectivity index (χ1) is 14.0. The number of hydrogen-bond donors (Lipinski definition) is 1. The maximum absolute atomic E-state index is 12.8. The lowest BCUT2D eigenvalue weighted by molar-refractivity contribution is 0.0378. The zero-order valence-electron chi connectivity index (χ0n) is 16.4. The van der Waals surface area contributed by atoms with Crippen LogP contribution in [-0.4, -0.2) is 37.6 Å². The number of rotatable bonds is 4. The molecule has 2 atom stereocenters. The van der Waals surface area contributed by atoms with E-state index in [0.29, 0.717) is 28.9 Å². The van der Waals surface area contributed by atoms with Crippen molar-refractivity contribution in [3.05, 3.63) is 58.1 Å². The lowest BCUT2D eigenvalue weighted by Crippen LogP contribution is -2.33. The first-order valence-electron chi connectivity index (χ1n) is 10.1. The van der Waals surface area contributed by atoms with Crippen LogP contribution in [0.15, 0.2) is 30.6 Å². The zero-order chi connectivity index (χ0) is 20.2. The minimum absolute atomic E-state index is 0.358. The topological polar surface area (TPSA) is 54.2 Å². The molecule has 0 spiro atoms. The predicted octanol–water partition coefficient (Wildman–Crippen LogP) is 4.15. The summed E-state index contributed by atoms with van der Waals surface area (Å²) < 4.78 is 15.0. The second-order valence-corrected chi connectivity index (χ2v) is 8.80. The van der Waals surface area contributed by atoms with Crippen LogP contribution in [0.2, 0.25) is 5.02 Å². The molecule has 152 valence electrons. The molecule has 0 radical (unpaired) electrons. The van der Waals surface area contributed by atoms with E-state index in [1.165, 1.54) is 17.7 Å². The monoisotopic (exact) mass is 414 g/mol. The smallest absolute Gasteiger partial charge is 0.140 e. The predicted molar refractivity (Wildman–Crippen MR) is 111 cm³/mol. The summed E-state index contributed by atoms with van der Waals surface area (Å²) in [6, 6.07) is 5.79. The molecular weight excluding hydrogens is 391 g/mol. The number of aliphatic hydroxyl groups is 1. The first-order valence-corrected chi connectivity index (χ1v) is 10.5. The van der Waals surface area contributed by atoms with E-state index in [4.69, 9.17) is 11.6 Å². The highest BCUT2D eigenvalue weighted by Crippen LogP contribution is 2.43. The van der Waals surface area contributed by atoms with Crippen molar-refractivity contribution in [2.45, 2.75) is 51.0 Å². The van der Waals surface area contributed by atoms with Gasteiger partial charge in [0.15, 0.2) is 0 Å². The Morgan fingerprint density at radius 1 is 1.28 bits per heavy atom. The van der Waals surface area contributed by atoms with Crippen LogP contribution in [0.4, 0.5) is 4.39 Å². The Kier molecular flexibility index (Phi) is 4.61. The Labute approximate surface area is 174 Å². The van der Waals surface area contributed by atoms with Gasteiger partial charge in [0.1, 0.15) is 17.9 Å². The van der Waals surface area contributed by atoms with E-state index in [9.17, 15) is 9.50 Å². The summed E-state index contributed by atoms with van der Waals surface area (Å²) in [5.74, 6) is 0. The molecule has 7 heteroatoms. The summed E-state index contributed by atoms with van der Waals surface area (Å²) in [6.45, 7) is 3.68. The number of halogens is 2. The van der Waals surface area contributed by atoms with E-state index < -0.39 is 12.3 Å². The maximum atomic E-state index is 12.8. The Morgan fingerprint density at radius 3 is 2.90 bits per heavy atom. The summed E-state index contributed by atoms with van der Waals surface area (Å²) in [5.41, 5.74) is 3.30. The minimum Gasteiger partial charge on any atom is -0.384 e. The number of pyridine rings is 2. The molecule has 0 amide bonds. The van der Waals surface area contributed by atoms with Gasteiger partial charge in [-0.25, -0.2) is 9.37 Å². The molecule has 29 heavy (non-hydrogen) atoms. The van der Waals surface area contributed by atoms with E-state index in [1.807, 2.05) is 6.07 Å². The third-order valence-electron chi connectivity index (χ3n) is 6.40. The molecule has 0 aliphatic carbocycles. The molecule has 0 saturated carbocycles. The average Bonchev–Trinajstić information content (AvgIpc) is 3.30. The SMILES string of the molecule is CC(O)(Cn1c2c(c3cc(Cl)cnc31)C1CCCN1CC2)c1ccc(CF)nc1. The summed E-state index contributed by atoms with van der Waals surface area (Å²) in [6.07, 6.45) is 6.51. The molecule has 0 bridgehead atoms. The summed E-state index contributed by atoms with van der Waals surface area (Å²) in [5, 5.41) is 13.0. The van der Waals surface area contributed by atoms with Gasteiger partial charge in [0.05, 0.1) is 17.3 Å². The van der Waals surface area contributed by atoms with Crippen molar-refractivity contribution in [2.24, 2.45) is 0 Å². The van der Waals surface area contributed by atoms with Crippen LogP contribution < -0.4 is 0 Å². The van der Waals surface area contributed by atoms with E-state index in [1.54, 1.807) is 31.5 Å². The van der Waals surface area contributed by atoms with Crippen molar-refractivity contribution in [3.8, 4) is 0 Å². The molecule has 5 heterocycles. The van der Waals surface area contributed by atoms with Gasteiger partial charge in [-0.1, -0.05) is 17.7 Å². The Bertz CT molecular complexity index is 1060. The van der Waals surface area contributed by atoms with Crippen LogP contribution in [0.5, 0.6) is 0 Å². The quantitative estimate of drug-likeness (QED) is 0.696. The summed E-state index contributed by atoms with van der Waals surface area (Å²) >= 11 is 6.30. The molecule has 2 aliphatic heterocycles. The third kappa shape index (κ3) is 3.14. The summed E-state index contributed by atoms with van der Waals surface area (Å²) in [4.78, 5) is 11.3. The third-order valence-corrected chi connectivity index (χ3v) is 6.60. The van der Waals surface area contributed by atoms with Crippen LogP contribution in [-0.2, 0) is 25.2 Å². The highest BCUT2D eigenvalue weighted by molar-refractivity contribution is 6.31. The lowest BCUT2D eigenvalue weighted by Gasteiger charge is -2.32. The number of aromatic nitrogens is 3. The second kappa shape index (κ2) is 7.04. The number of fused-ring (bicyclic) bond motifs is 5. The molecule has 3 aromatic heterocycles. The Balaban J connectivity index is 1.61. The summed E-state index contributed by atoms with van der Waals surface area (Å²) in [7, 11) is 0. The molecule has 0 aromatic carbocycles. The molecular formula is C22H24ClFN4O. The van der Waals surface area contributed by atoms with Crippen molar-refractivity contribution in [1.82, 2.24) is 19.4 Å². The van der Waals surface area contributed by atoms with Gasteiger partial charge in [0, 0.05) is 48.0 Å². The fraction of sp³-hybridized carbons (Fsp3) is 0.455. The average molecular weight is 415 g/mol. The fourth-order valence-electron chi connectivity index (χ4n) is 4.98. The molecule has 2 aliphatic rings. The van der Waals surface area contributed by atoms with Crippen LogP contribution in [0.25, 0.3) is 11.0 Å². The molecule has 1 N–H and O–H groups in total. The van der Waals surface area contributed by atoms with E-state index in [2.05, 4.69) is 19.4 Å². The minimum atomic E-state index is -1.16. The highest BCUT2D eigenvalue weighted by atomic mass is 35.5. The van der Waals surface area contributed by atoms with Gasteiger partial charge in [0.25, 0.3) is 0 Å². The molecule has 3 aromatic rings. The molecule has 5 nitrogen and oxygen atoms in total. The highest BCUT2D eigenvalue weighted by Gasteiger charge is 2.37. The van der Waals surface area contributed by atoms with Gasteiger partial charge in [0.2, 0.25) is 0 Å². The number of alkyl halides is 1. The van der Waals surface area contributed by atoms with Gasteiger partial charge in [-0.05, 0) is 44.0 Å². The van der Waals surface area contributed by atoms with Gasteiger partial charge in [-0.3, -0.25) is 9.88 Å². The second-order valence-electron chi connectivity index (χ2n) is 8.36. The van der Waals surface area contributed by atoms with E-state index in [-0.39, 0.29) is 0 Å². The largest absolute Gasteiger partial charge is 0.384 e. The van der Waals surface area contributed by atoms with Crippen LogP contribution in [0.1, 0.15) is 48.3 Å². The van der Waals surface area contributed by atoms with Crippen LogP contribution in [0.3, 0.4) is 0 Å². The van der Waals surface area contributed by atoms with E-state index in [0.717, 1.165) is 37.0 Å². The maximum Gasteiger partial charge on any atom is 0.140 e. The van der Waals surface area contributed by atoms with Gasteiger partial charge < -0.3 is 9.67 Å². The van der Waals surface area contributed by atoms with Crippen molar-refractivity contribution >= 4 is 22.6 Å². The number of hydrogen-bond acceptors (Lipinski definition) is 4. The molecule has 1 fully saturated rings. The fourth-order valence-corrected chi connectivity index (χ4v) is 5.14. The van der Waals surface area contributed by atoms with Crippen molar-refractivity contribution in [2.75, 3.05) is 13.1 Å². The van der Waals surface area contributed by atoms with Crippen LogP contribution >= 0.6 is 11.6 Å².